The van der Waals surface area contributed by atoms with Crippen molar-refractivity contribution in [1.82, 2.24) is 15.0 Å². The second-order valence-corrected chi connectivity index (χ2v) is 6.88. The summed E-state index contributed by atoms with van der Waals surface area (Å²) in [7, 11) is 0. The molecule has 6 nitrogen and oxygen atoms in total. The standard InChI is InChI=1S/C22H11ClN4O2/c23-17-7-14(8-19-21(17)26-11-29-19)15-9-16-18(28)4-5-25-22(16)27-20(15)13-3-1-2-12(6-13)10-24/h1-9,11H,(H,25,27,28). The van der Waals surface area contributed by atoms with E-state index in [1.54, 1.807) is 36.5 Å². The van der Waals surface area contributed by atoms with Gasteiger partial charge in [0.25, 0.3) is 0 Å². The molecule has 0 radical (unpaired) electrons. The van der Waals surface area contributed by atoms with Crippen LogP contribution in [0.3, 0.4) is 0 Å². The smallest absolute Gasteiger partial charge is 0.191 e. The maximum absolute atomic E-state index is 12.4. The average molecular weight is 399 g/mol. The molecule has 0 amide bonds. The molecule has 0 saturated carbocycles. The fourth-order valence-electron chi connectivity index (χ4n) is 3.35. The van der Waals surface area contributed by atoms with Gasteiger partial charge in [0.05, 0.1) is 27.7 Å². The van der Waals surface area contributed by atoms with Crippen LogP contribution in [-0.2, 0) is 0 Å². The fraction of sp³-hybridized carbons (Fsp3) is 0. The first kappa shape index (κ1) is 17.2. The van der Waals surface area contributed by atoms with Gasteiger partial charge in [0, 0.05) is 23.4 Å². The number of benzene rings is 2. The van der Waals surface area contributed by atoms with Crippen LogP contribution in [0.1, 0.15) is 5.56 Å². The maximum atomic E-state index is 12.4. The molecule has 5 rings (SSSR count). The molecule has 0 fully saturated rings. The number of aromatic amines is 1. The van der Waals surface area contributed by atoms with Crippen LogP contribution in [0.5, 0.6) is 0 Å². The van der Waals surface area contributed by atoms with Crippen molar-refractivity contribution in [2.24, 2.45) is 0 Å². The zero-order valence-corrected chi connectivity index (χ0v) is 15.6. The number of rotatable bonds is 2. The summed E-state index contributed by atoms with van der Waals surface area (Å²) in [6.45, 7) is 0. The molecule has 138 valence electrons. The molecule has 0 atom stereocenters. The molecule has 0 bridgehead atoms. The third kappa shape index (κ3) is 2.85. The number of fused-ring (bicyclic) bond motifs is 2. The van der Waals surface area contributed by atoms with Crippen LogP contribution in [-0.4, -0.2) is 15.0 Å². The summed E-state index contributed by atoms with van der Waals surface area (Å²) in [4.78, 5) is 24.2. The lowest BCUT2D eigenvalue weighted by molar-refractivity contribution is 0.602. The molecule has 7 heteroatoms. The van der Waals surface area contributed by atoms with Gasteiger partial charge in [-0.1, -0.05) is 23.7 Å². The molecule has 0 aliphatic heterocycles. The first-order valence-corrected chi connectivity index (χ1v) is 9.08. The van der Waals surface area contributed by atoms with Crippen molar-refractivity contribution in [2.75, 3.05) is 0 Å². The summed E-state index contributed by atoms with van der Waals surface area (Å²) in [6, 6.07) is 16.1. The van der Waals surface area contributed by atoms with E-state index in [9.17, 15) is 10.1 Å². The quantitative estimate of drug-likeness (QED) is 0.455. The van der Waals surface area contributed by atoms with Crippen molar-refractivity contribution < 1.29 is 4.42 Å². The van der Waals surface area contributed by atoms with Crippen LogP contribution in [0.4, 0.5) is 0 Å². The number of hydrogen-bond donors (Lipinski definition) is 1. The van der Waals surface area contributed by atoms with E-state index >= 15 is 0 Å². The Morgan fingerprint density at radius 2 is 2.00 bits per heavy atom. The second-order valence-electron chi connectivity index (χ2n) is 6.47. The highest BCUT2D eigenvalue weighted by Gasteiger charge is 2.16. The number of hydrogen-bond acceptors (Lipinski definition) is 5. The molecule has 1 N–H and O–H groups in total. The lowest BCUT2D eigenvalue weighted by atomic mass is 9.97. The van der Waals surface area contributed by atoms with E-state index in [4.69, 9.17) is 21.0 Å². The van der Waals surface area contributed by atoms with Crippen LogP contribution < -0.4 is 5.43 Å². The van der Waals surface area contributed by atoms with Gasteiger partial charge < -0.3 is 9.40 Å². The van der Waals surface area contributed by atoms with Crippen LogP contribution in [0.2, 0.25) is 5.02 Å². The molecule has 29 heavy (non-hydrogen) atoms. The molecule has 3 aromatic heterocycles. The number of H-pyrrole nitrogens is 1. The van der Waals surface area contributed by atoms with Gasteiger partial charge >= 0.3 is 0 Å². The molecular weight excluding hydrogens is 388 g/mol. The van der Waals surface area contributed by atoms with E-state index in [-0.39, 0.29) is 5.43 Å². The summed E-state index contributed by atoms with van der Waals surface area (Å²) in [5.41, 5.74) is 4.73. The Hall–Kier alpha value is -3.95. The molecular formula is C22H11ClN4O2. The number of halogens is 1. The molecule has 0 spiro atoms. The normalized spacial score (nSPS) is 11.0. The molecule has 3 heterocycles. The fourth-order valence-corrected chi connectivity index (χ4v) is 3.61. The molecule has 0 unspecified atom stereocenters. The van der Waals surface area contributed by atoms with E-state index < -0.39 is 0 Å². The summed E-state index contributed by atoms with van der Waals surface area (Å²) >= 11 is 6.40. The van der Waals surface area contributed by atoms with Gasteiger partial charge in [-0.3, -0.25) is 4.79 Å². The Morgan fingerprint density at radius 1 is 1.10 bits per heavy atom. The Bertz CT molecular complexity index is 1510. The van der Waals surface area contributed by atoms with Gasteiger partial charge in [-0.15, -0.1) is 0 Å². The highest BCUT2D eigenvalue weighted by Crippen LogP contribution is 2.36. The maximum Gasteiger partial charge on any atom is 0.191 e. The lowest BCUT2D eigenvalue weighted by Gasteiger charge is -2.12. The van der Waals surface area contributed by atoms with Crippen LogP contribution >= 0.6 is 11.6 Å². The van der Waals surface area contributed by atoms with Gasteiger partial charge in [-0.05, 0) is 35.9 Å². The summed E-state index contributed by atoms with van der Waals surface area (Å²) < 4.78 is 5.43. The minimum atomic E-state index is -0.142. The Labute approximate surface area is 169 Å². The largest absolute Gasteiger partial charge is 0.443 e. The van der Waals surface area contributed by atoms with E-state index in [2.05, 4.69) is 16.0 Å². The number of aromatic nitrogens is 3. The third-order valence-corrected chi connectivity index (χ3v) is 5.00. The van der Waals surface area contributed by atoms with Crippen molar-refractivity contribution in [3.05, 3.63) is 81.9 Å². The van der Waals surface area contributed by atoms with Crippen molar-refractivity contribution in [2.45, 2.75) is 0 Å². The van der Waals surface area contributed by atoms with Crippen molar-refractivity contribution in [3.63, 3.8) is 0 Å². The van der Waals surface area contributed by atoms with Crippen LogP contribution in [0.15, 0.2) is 70.3 Å². The average Bonchev–Trinajstić information content (AvgIpc) is 3.23. The van der Waals surface area contributed by atoms with E-state index in [0.717, 1.165) is 11.1 Å². The van der Waals surface area contributed by atoms with Gasteiger partial charge in [0.2, 0.25) is 0 Å². The minimum absolute atomic E-state index is 0.142. The number of nitrogens with zero attached hydrogens (tertiary/aromatic N) is 3. The zero-order valence-electron chi connectivity index (χ0n) is 14.8. The highest BCUT2D eigenvalue weighted by molar-refractivity contribution is 6.35. The summed E-state index contributed by atoms with van der Waals surface area (Å²) in [6.07, 6.45) is 2.89. The third-order valence-electron chi connectivity index (χ3n) is 4.71. The molecule has 0 aliphatic carbocycles. The predicted octanol–water partition coefficient (Wildman–Crippen LogP) is 4.92. The summed E-state index contributed by atoms with van der Waals surface area (Å²) in [5, 5.41) is 10.2. The first-order valence-electron chi connectivity index (χ1n) is 8.70. The lowest BCUT2D eigenvalue weighted by Crippen LogP contribution is -2.03. The zero-order chi connectivity index (χ0) is 20.0. The van der Waals surface area contributed by atoms with Gasteiger partial charge in [0.15, 0.2) is 17.4 Å². The minimum Gasteiger partial charge on any atom is -0.443 e. The molecule has 2 aromatic carbocycles. The molecule has 0 aliphatic rings. The van der Waals surface area contributed by atoms with Gasteiger partial charge in [-0.2, -0.15) is 5.26 Å². The monoisotopic (exact) mass is 398 g/mol. The Morgan fingerprint density at radius 3 is 2.86 bits per heavy atom. The van der Waals surface area contributed by atoms with Crippen molar-refractivity contribution in [3.8, 4) is 28.5 Å². The number of nitriles is 1. The van der Waals surface area contributed by atoms with Gasteiger partial charge in [-0.25, -0.2) is 9.97 Å². The van der Waals surface area contributed by atoms with Crippen LogP contribution in [0, 0.1) is 11.3 Å². The number of pyridine rings is 2. The van der Waals surface area contributed by atoms with Crippen molar-refractivity contribution >= 4 is 33.7 Å². The number of nitrogens with one attached hydrogen (secondary N) is 1. The van der Waals surface area contributed by atoms with Gasteiger partial charge in [0.1, 0.15) is 11.2 Å². The summed E-state index contributed by atoms with van der Waals surface area (Å²) in [5.74, 6) is 0. The topological polar surface area (TPSA) is 95.6 Å². The van der Waals surface area contributed by atoms with Crippen molar-refractivity contribution in [1.29, 1.82) is 5.26 Å². The second kappa shape index (κ2) is 6.59. The predicted molar refractivity (Wildman–Crippen MR) is 111 cm³/mol. The van der Waals surface area contributed by atoms with E-state index in [1.165, 1.54) is 12.5 Å². The molecule has 5 aromatic rings. The number of oxazole rings is 1. The van der Waals surface area contributed by atoms with E-state index in [1.807, 2.05) is 12.1 Å². The van der Waals surface area contributed by atoms with E-state index in [0.29, 0.717) is 44.0 Å². The first-order chi connectivity index (χ1) is 14.1. The highest BCUT2D eigenvalue weighted by atomic mass is 35.5. The van der Waals surface area contributed by atoms with Crippen LogP contribution in [0.25, 0.3) is 44.5 Å². The Balaban J connectivity index is 1.87. The Kier molecular flexibility index (Phi) is 3.90. The SMILES string of the molecule is N#Cc1cccc(-c2nc3[nH]ccc(=O)c3cc2-c2cc(Cl)c3ncoc3c2)c1. The molecule has 0 saturated heterocycles.